The normalized spacial score (nSPS) is 16.7. The minimum atomic E-state index is -0.538. The lowest BCUT2D eigenvalue weighted by molar-refractivity contribution is -0.384. The molecule has 0 bridgehead atoms. The number of hydrogen-bond donors (Lipinski definition) is 1. The number of likely N-dealkylation sites (N-methyl/N-ethyl adjacent to an activating group) is 1. The second-order valence-electron chi connectivity index (χ2n) is 7.03. The molecule has 1 fully saturated rings. The minimum Gasteiger partial charge on any atom is -0.353 e. The highest BCUT2D eigenvalue weighted by Gasteiger charge is 2.26. The van der Waals surface area contributed by atoms with Gasteiger partial charge in [0.1, 0.15) is 0 Å². The number of piperazine rings is 1. The van der Waals surface area contributed by atoms with Gasteiger partial charge in [-0.2, -0.15) is 0 Å². The highest BCUT2D eigenvalue weighted by atomic mass is 35.5. The molecule has 1 atom stereocenters. The first-order chi connectivity index (χ1) is 13.4. The molecule has 8 nitrogen and oxygen atoms in total. The van der Waals surface area contributed by atoms with Gasteiger partial charge < -0.3 is 14.8 Å². The summed E-state index contributed by atoms with van der Waals surface area (Å²) in [6, 6.07) is 7.92. The Labute approximate surface area is 168 Å². The third kappa shape index (κ3) is 4.52. The summed E-state index contributed by atoms with van der Waals surface area (Å²) in [6.45, 7) is 4.12. The van der Waals surface area contributed by atoms with Crippen molar-refractivity contribution in [2.45, 2.75) is 6.04 Å². The van der Waals surface area contributed by atoms with Crippen LogP contribution in [-0.2, 0) is 7.05 Å². The van der Waals surface area contributed by atoms with Gasteiger partial charge in [-0.15, -0.1) is 0 Å². The van der Waals surface area contributed by atoms with E-state index in [1.165, 1.54) is 18.2 Å². The summed E-state index contributed by atoms with van der Waals surface area (Å²) in [4.78, 5) is 27.8. The maximum Gasteiger partial charge on any atom is 0.270 e. The first-order valence-corrected chi connectivity index (χ1v) is 9.50. The fourth-order valence-electron chi connectivity index (χ4n) is 3.46. The van der Waals surface area contributed by atoms with Crippen LogP contribution in [-0.4, -0.2) is 65.0 Å². The number of aromatic nitrogens is 1. The summed E-state index contributed by atoms with van der Waals surface area (Å²) in [6.07, 6.45) is 1.98. The maximum absolute atomic E-state index is 12.7. The molecule has 2 heterocycles. The zero-order valence-electron chi connectivity index (χ0n) is 16.0. The standard InChI is InChI=1S/C19H24ClN5O3/c1-22-8-10-24(11-9-22)18(17-4-3-7-23(17)2)13-21-19(26)15-12-14(25(27)28)5-6-16(15)20/h3-7,12,18H,8-11,13H2,1-2H3,(H,21,26). The molecule has 0 saturated carbocycles. The molecule has 0 aliphatic carbocycles. The second kappa shape index (κ2) is 8.72. The number of amides is 1. The number of nitro groups is 1. The van der Waals surface area contributed by atoms with E-state index >= 15 is 0 Å². The summed E-state index contributed by atoms with van der Waals surface area (Å²) < 4.78 is 2.05. The van der Waals surface area contributed by atoms with Crippen molar-refractivity contribution in [3.8, 4) is 0 Å². The number of non-ortho nitro benzene ring substituents is 1. The molecule has 150 valence electrons. The van der Waals surface area contributed by atoms with Crippen molar-refractivity contribution >= 4 is 23.2 Å². The number of nitrogens with one attached hydrogen (secondary N) is 1. The third-order valence-electron chi connectivity index (χ3n) is 5.17. The minimum absolute atomic E-state index is 0.00937. The number of carbonyl (C=O) groups excluding carboxylic acids is 1. The largest absolute Gasteiger partial charge is 0.353 e. The molecule has 3 rings (SSSR count). The van der Waals surface area contributed by atoms with Crippen LogP contribution in [0.1, 0.15) is 22.1 Å². The van der Waals surface area contributed by atoms with Crippen LogP contribution >= 0.6 is 11.6 Å². The number of nitrogens with zero attached hydrogens (tertiary/aromatic N) is 4. The SMILES string of the molecule is CN1CCN(C(CNC(=O)c2cc([N+](=O)[O-])ccc2Cl)c2cccn2C)CC1. The van der Waals surface area contributed by atoms with Crippen LogP contribution in [0.15, 0.2) is 36.5 Å². The van der Waals surface area contributed by atoms with Crippen molar-refractivity contribution in [3.63, 3.8) is 0 Å². The summed E-state index contributed by atoms with van der Waals surface area (Å²) in [5.74, 6) is -0.415. The molecule has 1 amide bonds. The van der Waals surface area contributed by atoms with Crippen molar-refractivity contribution in [2.24, 2.45) is 7.05 Å². The molecule has 1 N–H and O–H groups in total. The zero-order chi connectivity index (χ0) is 20.3. The lowest BCUT2D eigenvalue weighted by Crippen LogP contribution is -2.48. The monoisotopic (exact) mass is 405 g/mol. The predicted octanol–water partition coefficient (Wildman–Crippen LogP) is 2.31. The fourth-order valence-corrected chi connectivity index (χ4v) is 3.66. The van der Waals surface area contributed by atoms with E-state index in [2.05, 4.69) is 32.8 Å². The lowest BCUT2D eigenvalue weighted by atomic mass is 10.1. The Kier molecular flexibility index (Phi) is 6.33. The molecule has 1 unspecified atom stereocenters. The van der Waals surface area contributed by atoms with Gasteiger partial charge in [0.15, 0.2) is 0 Å². The smallest absolute Gasteiger partial charge is 0.270 e. The molecule has 1 saturated heterocycles. The summed E-state index contributed by atoms with van der Waals surface area (Å²) in [5, 5.41) is 14.1. The van der Waals surface area contributed by atoms with E-state index in [9.17, 15) is 14.9 Å². The van der Waals surface area contributed by atoms with E-state index < -0.39 is 10.8 Å². The van der Waals surface area contributed by atoms with Gasteiger partial charge in [-0.1, -0.05) is 11.6 Å². The second-order valence-corrected chi connectivity index (χ2v) is 7.44. The van der Waals surface area contributed by atoms with Crippen molar-refractivity contribution in [1.29, 1.82) is 0 Å². The summed E-state index contributed by atoms with van der Waals surface area (Å²) in [5.41, 5.74) is 1.06. The first-order valence-electron chi connectivity index (χ1n) is 9.13. The molecule has 2 aromatic rings. The molecular formula is C19H24ClN5O3. The van der Waals surface area contributed by atoms with Crippen LogP contribution in [0.4, 0.5) is 5.69 Å². The number of hydrogen-bond acceptors (Lipinski definition) is 5. The molecule has 1 aliphatic heterocycles. The van der Waals surface area contributed by atoms with E-state index in [4.69, 9.17) is 11.6 Å². The highest BCUT2D eigenvalue weighted by Crippen LogP contribution is 2.24. The van der Waals surface area contributed by atoms with Crippen LogP contribution in [0.2, 0.25) is 5.02 Å². The maximum atomic E-state index is 12.7. The van der Waals surface area contributed by atoms with Crippen LogP contribution in [0, 0.1) is 10.1 Å². The van der Waals surface area contributed by atoms with Crippen molar-refractivity contribution < 1.29 is 9.72 Å². The van der Waals surface area contributed by atoms with Crippen molar-refractivity contribution in [1.82, 2.24) is 19.7 Å². The number of carbonyl (C=O) groups is 1. The van der Waals surface area contributed by atoms with Gasteiger partial charge in [-0.3, -0.25) is 19.8 Å². The quantitative estimate of drug-likeness (QED) is 0.589. The number of halogens is 1. The number of aryl methyl sites for hydroxylation is 1. The molecule has 1 aromatic heterocycles. The number of nitro benzene ring substituents is 1. The van der Waals surface area contributed by atoms with E-state index in [1.807, 2.05) is 19.3 Å². The highest BCUT2D eigenvalue weighted by molar-refractivity contribution is 6.33. The topological polar surface area (TPSA) is 83.7 Å². The van der Waals surface area contributed by atoms with Gasteiger partial charge in [0.05, 0.1) is 21.6 Å². The summed E-state index contributed by atoms with van der Waals surface area (Å²) in [7, 11) is 4.08. The van der Waals surface area contributed by atoms with Gasteiger partial charge in [0.25, 0.3) is 11.6 Å². The van der Waals surface area contributed by atoms with Gasteiger partial charge in [-0.05, 0) is 25.2 Å². The lowest BCUT2D eigenvalue weighted by Gasteiger charge is -2.38. The van der Waals surface area contributed by atoms with Gasteiger partial charge in [0.2, 0.25) is 0 Å². The molecule has 9 heteroatoms. The molecule has 0 spiro atoms. The molecule has 0 radical (unpaired) electrons. The van der Waals surface area contributed by atoms with Gasteiger partial charge in [0, 0.05) is 63.8 Å². The Hall–Kier alpha value is -2.42. The van der Waals surface area contributed by atoms with Crippen LogP contribution in [0.5, 0.6) is 0 Å². The Morgan fingerprint density at radius 2 is 1.96 bits per heavy atom. The van der Waals surface area contributed by atoms with Gasteiger partial charge in [-0.25, -0.2) is 0 Å². The number of rotatable bonds is 6. The van der Waals surface area contributed by atoms with E-state index in [1.54, 1.807) is 0 Å². The first kappa shape index (κ1) is 20.3. The fraction of sp³-hybridized carbons (Fsp3) is 0.421. The summed E-state index contributed by atoms with van der Waals surface area (Å²) >= 11 is 6.10. The average molecular weight is 406 g/mol. The van der Waals surface area contributed by atoms with Crippen LogP contribution in [0.3, 0.4) is 0 Å². The van der Waals surface area contributed by atoms with Crippen molar-refractivity contribution in [2.75, 3.05) is 39.8 Å². The van der Waals surface area contributed by atoms with E-state index in [0.717, 1.165) is 31.9 Å². The molecule has 28 heavy (non-hydrogen) atoms. The zero-order valence-corrected chi connectivity index (χ0v) is 16.7. The van der Waals surface area contributed by atoms with E-state index in [0.29, 0.717) is 6.54 Å². The van der Waals surface area contributed by atoms with Crippen molar-refractivity contribution in [3.05, 3.63) is 62.9 Å². The van der Waals surface area contributed by atoms with E-state index in [-0.39, 0.29) is 22.3 Å². The molecule has 1 aromatic carbocycles. The number of benzene rings is 1. The van der Waals surface area contributed by atoms with Crippen LogP contribution < -0.4 is 5.32 Å². The third-order valence-corrected chi connectivity index (χ3v) is 5.49. The average Bonchev–Trinajstić information content (AvgIpc) is 3.09. The molecular weight excluding hydrogens is 382 g/mol. The van der Waals surface area contributed by atoms with Gasteiger partial charge >= 0.3 is 0 Å². The Balaban J connectivity index is 1.77. The van der Waals surface area contributed by atoms with Crippen LogP contribution in [0.25, 0.3) is 0 Å². The Morgan fingerprint density at radius 3 is 2.57 bits per heavy atom. The Bertz CT molecular complexity index is 861. The Morgan fingerprint density at radius 1 is 1.25 bits per heavy atom. The molecule has 1 aliphatic rings. The predicted molar refractivity (Wildman–Crippen MR) is 108 cm³/mol.